The topological polar surface area (TPSA) is 24.1 Å². The number of anilines is 1. The van der Waals surface area contributed by atoms with E-state index in [2.05, 4.69) is 43.7 Å². The highest BCUT2D eigenvalue weighted by molar-refractivity contribution is 5.70. The minimum absolute atomic E-state index is 0.158. The maximum atomic E-state index is 4.07. The van der Waals surface area contributed by atoms with Crippen molar-refractivity contribution in [1.29, 1.82) is 0 Å². The van der Waals surface area contributed by atoms with Gasteiger partial charge in [-0.15, -0.1) is 0 Å². The number of fused-ring (bicyclic) bond motifs is 1. The van der Waals surface area contributed by atoms with Crippen molar-refractivity contribution in [2.24, 2.45) is 0 Å². The maximum Gasteiger partial charge on any atom is 0.102 e. The minimum atomic E-state index is -0.158. The minimum Gasteiger partial charge on any atom is -0.363 e. The summed E-state index contributed by atoms with van der Waals surface area (Å²) in [5.41, 5.74) is 3.08. The molecule has 2 heteroatoms. The van der Waals surface area contributed by atoms with Crippen LogP contribution >= 0.6 is 0 Å². The molecular formula is C14H18N2. The van der Waals surface area contributed by atoms with E-state index in [1.165, 1.54) is 0 Å². The normalized spacial score (nSPS) is 17.1. The molecule has 0 saturated carbocycles. The van der Waals surface area contributed by atoms with E-state index in [-0.39, 0.29) is 5.66 Å². The van der Waals surface area contributed by atoms with Crippen LogP contribution in [-0.4, -0.2) is 5.66 Å². The molecule has 1 heterocycles. The lowest BCUT2D eigenvalue weighted by molar-refractivity contribution is 0.508. The lowest BCUT2D eigenvalue weighted by atomic mass is 10.0. The zero-order valence-corrected chi connectivity index (χ0v) is 10.1. The van der Waals surface area contributed by atoms with Crippen LogP contribution in [0.2, 0.25) is 0 Å². The average Bonchev–Trinajstić information content (AvgIpc) is 2.14. The Hall–Kier alpha value is -1.70. The molecule has 0 spiro atoms. The van der Waals surface area contributed by atoms with Crippen LogP contribution in [0.5, 0.6) is 0 Å². The van der Waals surface area contributed by atoms with Crippen molar-refractivity contribution in [3.05, 3.63) is 40.8 Å². The Morgan fingerprint density at radius 3 is 2.56 bits per heavy atom. The highest BCUT2D eigenvalue weighted by Crippen LogP contribution is 2.18. The first kappa shape index (κ1) is 10.8. The first-order valence-corrected chi connectivity index (χ1v) is 5.45. The molecule has 1 aliphatic rings. The highest BCUT2D eigenvalue weighted by atomic mass is 15.2. The predicted octanol–water partition coefficient (Wildman–Crippen LogP) is 1.53. The number of benzene rings is 1. The molecule has 84 valence electrons. The van der Waals surface area contributed by atoms with Gasteiger partial charge in [0.15, 0.2) is 0 Å². The van der Waals surface area contributed by atoms with Crippen LogP contribution in [0.3, 0.4) is 0 Å². The van der Waals surface area contributed by atoms with E-state index >= 15 is 0 Å². The van der Waals surface area contributed by atoms with E-state index in [0.29, 0.717) is 0 Å². The van der Waals surface area contributed by atoms with Crippen molar-refractivity contribution in [2.45, 2.75) is 26.4 Å². The van der Waals surface area contributed by atoms with Gasteiger partial charge in [0.2, 0.25) is 0 Å². The van der Waals surface area contributed by atoms with E-state index in [4.69, 9.17) is 0 Å². The van der Waals surface area contributed by atoms with Crippen LogP contribution in [0.4, 0.5) is 5.69 Å². The van der Waals surface area contributed by atoms with Crippen LogP contribution in [0.25, 0.3) is 12.3 Å². The second kappa shape index (κ2) is 3.41. The number of rotatable bonds is 1. The van der Waals surface area contributed by atoms with Gasteiger partial charge in [-0.1, -0.05) is 25.3 Å². The summed E-state index contributed by atoms with van der Waals surface area (Å²) in [5, 5.41) is 9.06. The van der Waals surface area contributed by atoms with Crippen LogP contribution in [0, 0.1) is 0 Å². The van der Waals surface area contributed by atoms with Crippen molar-refractivity contribution in [1.82, 2.24) is 5.32 Å². The quantitative estimate of drug-likeness (QED) is 0.741. The van der Waals surface area contributed by atoms with Crippen LogP contribution < -0.4 is 21.1 Å². The summed E-state index contributed by atoms with van der Waals surface area (Å²) in [7, 11) is 0. The van der Waals surface area contributed by atoms with Gasteiger partial charge in [-0.25, -0.2) is 0 Å². The Morgan fingerprint density at radius 1 is 1.25 bits per heavy atom. The number of hydrogen-bond acceptors (Lipinski definition) is 2. The molecule has 0 amide bonds. The molecule has 2 N–H and O–H groups in total. The molecule has 16 heavy (non-hydrogen) atoms. The molecule has 0 unspecified atom stereocenters. The molecule has 0 atom stereocenters. The van der Waals surface area contributed by atoms with Crippen molar-refractivity contribution >= 4 is 18.0 Å². The molecule has 0 aliphatic carbocycles. The molecule has 0 aromatic heterocycles. The van der Waals surface area contributed by atoms with Crippen molar-refractivity contribution in [2.75, 3.05) is 5.32 Å². The van der Waals surface area contributed by atoms with Crippen molar-refractivity contribution in [3.63, 3.8) is 0 Å². The first-order valence-electron chi connectivity index (χ1n) is 5.45. The standard InChI is InChI=1S/C14H18N2/c1-9(2)13-12-10(3)7-6-8-11(12)15-14(4,5)16-13/h6-8,15-16H,1,3H2,2,4-5H3. The molecule has 2 nitrogen and oxygen atoms in total. The van der Waals surface area contributed by atoms with Gasteiger partial charge in [-0.2, -0.15) is 0 Å². The van der Waals surface area contributed by atoms with E-state index < -0.39 is 0 Å². The zero-order valence-electron chi connectivity index (χ0n) is 10.1. The lowest BCUT2D eigenvalue weighted by Crippen LogP contribution is -2.54. The van der Waals surface area contributed by atoms with E-state index in [1.807, 2.05) is 19.1 Å². The molecule has 1 aromatic carbocycles. The second-order valence-electron chi connectivity index (χ2n) is 4.87. The third-order valence-corrected chi connectivity index (χ3v) is 2.71. The van der Waals surface area contributed by atoms with Gasteiger partial charge in [-0.3, -0.25) is 0 Å². The summed E-state index contributed by atoms with van der Waals surface area (Å²) < 4.78 is 0. The summed E-state index contributed by atoms with van der Waals surface area (Å²) >= 11 is 0. The number of hydrogen-bond donors (Lipinski definition) is 2. The summed E-state index contributed by atoms with van der Waals surface area (Å²) in [5.74, 6) is 0. The molecule has 1 aliphatic heterocycles. The molecule has 0 radical (unpaired) electrons. The van der Waals surface area contributed by atoms with Gasteiger partial charge in [0.25, 0.3) is 0 Å². The summed E-state index contributed by atoms with van der Waals surface area (Å²) in [4.78, 5) is 0. The molecule has 0 fully saturated rings. The third-order valence-electron chi connectivity index (χ3n) is 2.71. The number of nitrogens with one attached hydrogen (secondary N) is 2. The Morgan fingerprint density at radius 2 is 1.94 bits per heavy atom. The van der Waals surface area contributed by atoms with Gasteiger partial charge in [0, 0.05) is 16.6 Å². The maximum absolute atomic E-state index is 4.07. The van der Waals surface area contributed by atoms with Gasteiger partial charge in [0.1, 0.15) is 5.66 Å². The second-order valence-corrected chi connectivity index (χ2v) is 4.87. The van der Waals surface area contributed by atoms with E-state index in [9.17, 15) is 0 Å². The third kappa shape index (κ3) is 1.71. The Balaban J connectivity index is 2.82. The Kier molecular flexibility index (Phi) is 2.30. The smallest absolute Gasteiger partial charge is 0.102 e. The fraction of sp³-hybridized carbons (Fsp3) is 0.286. The van der Waals surface area contributed by atoms with Crippen LogP contribution in [0.1, 0.15) is 20.8 Å². The fourth-order valence-electron chi connectivity index (χ4n) is 2.06. The first-order chi connectivity index (χ1) is 7.41. The van der Waals surface area contributed by atoms with Gasteiger partial charge in [0.05, 0.1) is 0 Å². The predicted molar refractivity (Wildman–Crippen MR) is 70.3 cm³/mol. The molecule has 0 bridgehead atoms. The Bertz CT molecular complexity index is 553. The van der Waals surface area contributed by atoms with Gasteiger partial charge < -0.3 is 10.6 Å². The highest BCUT2D eigenvalue weighted by Gasteiger charge is 2.24. The lowest BCUT2D eigenvalue weighted by Gasteiger charge is -2.36. The summed E-state index contributed by atoms with van der Waals surface area (Å²) in [6.07, 6.45) is 0. The molecule has 2 rings (SSSR count). The van der Waals surface area contributed by atoms with E-state index in [0.717, 1.165) is 27.4 Å². The van der Waals surface area contributed by atoms with Gasteiger partial charge in [-0.05, 0) is 37.6 Å². The SMILES string of the molecule is C=C(C)C1=c2c(cccc2=C)NC(C)(C)N1. The van der Waals surface area contributed by atoms with Crippen molar-refractivity contribution in [3.8, 4) is 0 Å². The summed E-state index contributed by atoms with van der Waals surface area (Å²) in [6.45, 7) is 14.3. The molecular weight excluding hydrogens is 196 g/mol. The van der Waals surface area contributed by atoms with E-state index in [1.54, 1.807) is 0 Å². The van der Waals surface area contributed by atoms with Crippen LogP contribution in [0.15, 0.2) is 30.4 Å². The average molecular weight is 214 g/mol. The van der Waals surface area contributed by atoms with Crippen molar-refractivity contribution < 1.29 is 0 Å². The molecule has 1 aromatic rings. The Labute approximate surface area is 96.4 Å². The monoisotopic (exact) mass is 214 g/mol. The largest absolute Gasteiger partial charge is 0.363 e. The summed E-state index contributed by atoms with van der Waals surface area (Å²) in [6, 6.07) is 6.12. The fourth-order valence-corrected chi connectivity index (χ4v) is 2.06. The zero-order chi connectivity index (χ0) is 11.9. The van der Waals surface area contributed by atoms with Crippen LogP contribution in [-0.2, 0) is 0 Å². The van der Waals surface area contributed by atoms with Gasteiger partial charge >= 0.3 is 0 Å². The molecule has 0 saturated heterocycles.